The molecular weight excluding hydrogens is 300 g/mol. The van der Waals surface area contributed by atoms with Crippen molar-refractivity contribution >= 4 is 21.9 Å². The number of aliphatic carboxylic acids is 1. The maximum Gasteiger partial charge on any atom is 0.306 e. The highest BCUT2D eigenvalue weighted by Gasteiger charge is 2.22. The van der Waals surface area contributed by atoms with Gasteiger partial charge >= 0.3 is 5.97 Å². The van der Waals surface area contributed by atoms with E-state index in [1.54, 1.807) is 6.20 Å². The predicted molar refractivity (Wildman–Crippen MR) is 69.2 cm³/mol. The molecule has 0 aliphatic carbocycles. The number of hydrogen-bond donors (Lipinski definition) is 1. The van der Waals surface area contributed by atoms with E-state index in [-0.39, 0.29) is 12.5 Å². The molecule has 6 heteroatoms. The van der Waals surface area contributed by atoms with E-state index in [1.807, 2.05) is 12.3 Å². The Morgan fingerprint density at radius 2 is 2.44 bits per heavy atom. The van der Waals surface area contributed by atoms with Crippen LogP contribution in [0.2, 0.25) is 0 Å². The van der Waals surface area contributed by atoms with Crippen LogP contribution in [0.25, 0.3) is 0 Å². The monoisotopic (exact) mass is 314 g/mol. The van der Waals surface area contributed by atoms with Crippen molar-refractivity contribution < 1.29 is 14.6 Å². The number of halogens is 1. The fourth-order valence-corrected chi connectivity index (χ4v) is 2.46. The summed E-state index contributed by atoms with van der Waals surface area (Å²) < 4.78 is 6.39. The van der Waals surface area contributed by atoms with Crippen LogP contribution in [0.1, 0.15) is 12.0 Å². The summed E-state index contributed by atoms with van der Waals surface area (Å²) in [6, 6.07) is 2.02. The van der Waals surface area contributed by atoms with Gasteiger partial charge in [0.25, 0.3) is 0 Å². The Morgan fingerprint density at radius 1 is 1.61 bits per heavy atom. The van der Waals surface area contributed by atoms with E-state index < -0.39 is 5.97 Å². The van der Waals surface area contributed by atoms with Gasteiger partial charge in [0.1, 0.15) is 0 Å². The molecule has 1 fully saturated rings. The predicted octanol–water partition coefficient (Wildman–Crippen LogP) is 1.52. The van der Waals surface area contributed by atoms with Crippen molar-refractivity contribution in [3.8, 4) is 0 Å². The molecule has 98 valence electrons. The molecule has 2 heterocycles. The van der Waals surface area contributed by atoms with E-state index in [2.05, 4.69) is 25.8 Å². The zero-order valence-corrected chi connectivity index (χ0v) is 11.5. The van der Waals surface area contributed by atoms with Gasteiger partial charge in [0.05, 0.1) is 19.1 Å². The third kappa shape index (κ3) is 4.04. The number of carboxylic acid groups (broad SMARTS) is 1. The number of hydrogen-bond acceptors (Lipinski definition) is 4. The molecule has 1 aliphatic rings. The molecule has 1 atom stereocenters. The standard InChI is InChI=1S/C12H15BrN2O3/c13-10-3-9(5-14-6-10)7-15-1-2-18-11(8-15)4-12(16)17/h3,5-6,11H,1-2,4,7-8H2,(H,16,17). The van der Waals surface area contributed by atoms with Crippen LogP contribution in [0.15, 0.2) is 22.9 Å². The topological polar surface area (TPSA) is 62.7 Å². The summed E-state index contributed by atoms with van der Waals surface area (Å²) >= 11 is 3.39. The minimum Gasteiger partial charge on any atom is -0.481 e. The first-order valence-electron chi connectivity index (χ1n) is 5.78. The second-order valence-electron chi connectivity index (χ2n) is 4.34. The van der Waals surface area contributed by atoms with Crippen LogP contribution in [0, 0.1) is 0 Å². The Hall–Kier alpha value is -0.980. The second kappa shape index (κ2) is 6.26. The van der Waals surface area contributed by atoms with Gasteiger partial charge < -0.3 is 9.84 Å². The van der Waals surface area contributed by atoms with Crippen LogP contribution in [-0.4, -0.2) is 46.8 Å². The lowest BCUT2D eigenvalue weighted by Crippen LogP contribution is -2.42. The van der Waals surface area contributed by atoms with E-state index in [9.17, 15) is 4.79 Å². The van der Waals surface area contributed by atoms with Gasteiger partial charge in [0.15, 0.2) is 0 Å². The van der Waals surface area contributed by atoms with Crippen molar-refractivity contribution in [1.29, 1.82) is 0 Å². The number of nitrogens with zero attached hydrogens (tertiary/aromatic N) is 2. The third-order valence-corrected chi connectivity index (χ3v) is 3.23. The van der Waals surface area contributed by atoms with E-state index in [0.717, 1.165) is 23.1 Å². The Morgan fingerprint density at radius 3 is 3.17 bits per heavy atom. The summed E-state index contributed by atoms with van der Waals surface area (Å²) in [5.41, 5.74) is 1.11. The van der Waals surface area contributed by atoms with Gasteiger partial charge in [0.2, 0.25) is 0 Å². The van der Waals surface area contributed by atoms with Gasteiger partial charge in [-0.15, -0.1) is 0 Å². The fraction of sp³-hybridized carbons (Fsp3) is 0.500. The highest BCUT2D eigenvalue weighted by Crippen LogP contribution is 2.15. The van der Waals surface area contributed by atoms with Crippen molar-refractivity contribution in [2.75, 3.05) is 19.7 Å². The lowest BCUT2D eigenvalue weighted by Gasteiger charge is -2.32. The Bertz CT molecular complexity index is 428. The quantitative estimate of drug-likeness (QED) is 0.913. The summed E-state index contributed by atoms with van der Waals surface area (Å²) in [4.78, 5) is 17.0. The first-order valence-corrected chi connectivity index (χ1v) is 6.58. The minimum atomic E-state index is -0.814. The molecule has 1 unspecified atom stereocenters. The maximum absolute atomic E-state index is 10.7. The Kier molecular flexibility index (Phi) is 4.68. The van der Waals surface area contributed by atoms with Crippen LogP contribution in [0.3, 0.4) is 0 Å². The fourth-order valence-electron chi connectivity index (χ4n) is 2.04. The van der Waals surface area contributed by atoms with Crippen LogP contribution in [0.5, 0.6) is 0 Å². The number of ether oxygens (including phenoxy) is 1. The van der Waals surface area contributed by atoms with Gasteiger partial charge in [-0.05, 0) is 27.6 Å². The lowest BCUT2D eigenvalue weighted by molar-refractivity contribution is -0.142. The molecule has 1 saturated heterocycles. The summed E-state index contributed by atoms with van der Waals surface area (Å²) in [6.07, 6.45) is 3.42. The molecule has 5 nitrogen and oxygen atoms in total. The Balaban J connectivity index is 1.91. The summed E-state index contributed by atoms with van der Waals surface area (Å²) in [5, 5.41) is 8.76. The van der Waals surface area contributed by atoms with Crippen LogP contribution >= 0.6 is 15.9 Å². The molecule has 1 aliphatic heterocycles. The average Bonchev–Trinajstić information content (AvgIpc) is 2.28. The van der Waals surface area contributed by atoms with Crippen molar-refractivity contribution in [3.05, 3.63) is 28.5 Å². The molecule has 0 radical (unpaired) electrons. The molecular formula is C12H15BrN2O3. The number of carboxylic acids is 1. The summed E-state index contributed by atoms with van der Waals surface area (Å²) in [5.74, 6) is -0.814. The first kappa shape index (κ1) is 13.5. The summed E-state index contributed by atoms with van der Waals surface area (Å²) in [7, 11) is 0. The third-order valence-electron chi connectivity index (χ3n) is 2.79. The first-order chi connectivity index (χ1) is 8.63. The normalized spacial score (nSPS) is 20.8. The average molecular weight is 315 g/mol. The number of pyridine rings is 1. The van der Waals surface area contributed by atoms with Crippen molar-refractivity contribution in [1.82, 2.24) is 9.88 Å². The smallest absolute Gasteiger partial charge is 0.306 e. The van der Waals surface area contributed by atoms with E-state index in [0.29, 0.717) is 13.2 Å². The molecule has 0 spiro atoms. The molecule has 0 bridgehead atoms. The number of carbonyl (C=O) groups is 1. The maximum atomic E-state index is 10.7. The highest BCUT2D eigenvalue weighted by atomic mass is 79.9. The number of morpholine rings is 1. The van der Waals surface area contributed by atoms with E-state index in [4.69, 9.17) is 9.84 Å². The molecule has 1 aromatic heterocycles. The van der Waals surface area contributed by atoms with E-state index >= 15 is 0 Å². The summed E-state index contributed by atoms with van der Waals surface area (Å²) in [6.45, 7) is 2.83. The van der Waals surface area contributed by atoms with Gasteiger partial charge in [0, 0.05) is 36.5 Å². The molecule has 0 amide bonds. The number of rotatable bonds is 4. The zero-order chi connectivity index (χ0) is 13.0. The Labute approximate surface area is 114 Å². The number of aromatic nitrogens is 1. The van der Waals surface area contributed by atoms with Crippen molar-refractivity contribution in [2.24, 2.45) is 0 Å². The van der Waals surface area contributed by atoms with Crippen LogP contribution < -0.4 is 0 Å². The van der Waals surface area contributed by atoms with Gasteiger partial charge in [-0.3, -0.25) is 14.7 Å². The largest absolute Gasteiger partial charge is 0.481 e. The van der Waals surface area contributed by atoms with Crippen molar-refractivity contribution in [3.63, 3.8) is 0 Å². The van der Waals surface area contributed by atoms with Crippen LogP contribution in [0.4, 0.5) is 0 Å². The van der Waals surface area contributed by atoms with Gasteiger partial charge in [-0.1, -0.05) is 0 Å². The molecule has 0 saturated carbocycles. The van der Waals surface area contributed by atoms with Gasteiger partial charge in [-0.2, -0.15) is 0 Å². The van der Waals surface area contributed by atoms with E-state index in [1.165, 1.54) is 0 Å². The minimum absolute atomic E-state index is 0.0627. The van der Waals surface area contributed by atoms with Crippen LogP contribution in [-0.2, 0) is 16.1 Å². The lowest BCUT2D eigenvalue weighted by atomic mass is 10.2. The molecule has 1 N–H and O–H groups in total. The van der Waals surface area contributed by atoms with Gasteiger partial charge in [-0.25, -0.2) is 0 Å². The SMILES string of the molecule is O=C(O)CC1CN(Cc2cncc(Br)c2)CCO1. The second-order valence-corrected chi connectivity index (χ2v) is 5.25. The molecule has 2 rings (SSSR count). The molecule has 18 heavy (non-hydrogen) atoms. The molecule has 0 aromatic carbocycles. The highest BCUT2D eigenvalue weighted by molar-refractivity contribution is 9.10. The van der Waals surface area contributed by atoms with Crippen molar-refractivity contribution in [2.45, 2.75) is 19.1 Å². The molecule has 1 aromatic rings. The zero-order valence-electron chi connectivity index (χ0n) is 9.88.